The molecule has 0 spiro atoms. The summed E-state index contributed by atoms with van der Waals surface area (Å²) in [6.07, 6.45) is 0. The van der Waals surface area contributed by atoms with Crippen molar-refractivity contribution in [3.05, 3.63) is 194 Å². The van der Waals surface area contributed by atoms with Crippen molar-refractivity contribution >= 4 is 76.1 Å². The van der Waals surface area contributed by atoms with Crippen LogP contribution >= 0.6 is 0 Å². The van der Waals surface area contributed by atoms with Crippen LogP contribution in [0.15, 0.2) is 203 Å². The summed E-state index contributed by atoms with van der Waals surface area (Å²) < 4.78 is 13.3. The van der Waals surface area contributed by atoms with Crippen LogP contribution in [0.5, 0.6) is 0 Å². The molecule has 0 saturated carbocycles. The summed E-state index contributed by atoms with van der Waals surface area (Å²) in [5.41, 5.74) is 8.49. The van der Waals surface area contributed by atoms with E-state index in [4.69, 9.17) is 28.8 Å². The number of benzene rings is 10. The summed E-state index contributed by atoms with van der Waals surface area (Å²) in [4.78, 5) is 21.0. The fraction of sp³-hybridized carbons (Fsp3) is 0. The van der Waals surface area contributed by atoms with Crippen LogP contribution in [-0.2, 0) is 0 Å². The van der Waals surface area contributed by atoms with Gasteiger partial charge in [0.2, 0.25) is 5.89 Å². The van der Waals surface area contributed by atoms with Crippen LogP contribution in [0.1, 0.15) is 0 Å². The number of para-hydroxylation sites is 1. The highest BCUT2D eigenvalue weighted by atomic mass is 16.3. The number of hydrogen-bond donors (Lipinski definition) is 0. The highest BCUT2D eigenvalue weighted by Gasteiger charge is 2.24. The van der Waals surface area contributed by atoms with E-state index in [9.17, 15) is 0 Å². The lowest BCUT2D eigenvalue weighted by molar-refractivity contribution is 0.623. The van der Waals surface area contributed by atoms with Crippen molar-refractivity contribution in [2.75, 3.05) is 0 Å². The third kappa shape index (κ3) is 5.30. The van der Waals surface area contributed by atoms with E-state index in [0.29, 0.717) is 23.4 Å². The van der Waals surface area contributed by atoms with Crippen molar-refractivity contribution in [1.82, 2.24) is 19.9 Å². The Morgan fingerprint density at radius 1 is 0.323 bits per heavy atom. The van der Waals surface area contributed by atoms with Crippen molar-refractivity contribution in [1.29, 1.82) is 0 Å². The van der Waals surface area contributed by atoms with Crippen molar-refractivity contribution in [3.8, 4) is 56.7 Å². The Morgan fingerprint density at radius 3 is 1.68 bits per heavy atom. The quantitative estimate of drug-likeness (QED) is 0.162. The first-order chi connectivity index (χ1) is 30.7. The molecule has 13 rings (SSSR count). The molecular weight excluding hydrogens is 761 g/mol. The lowest BCUT2D eigenvalue weighted by atomic mass is 9.91. The molecule has 6 nitrogen and oxygen atoms in total. The van der Waals surface area contributed by atoms with Gasteiger partial charge in [0.1, 0.15) is 16.7 Å². The summed E-state index contributed by atoms with van der Waals surface area (Å²) in [6, 6.07) is 66.9. The molecule has 0 radical (unpaired) electrons. The molecule has 10 aromatic carbocycles. The molecular formula is C56H32N4O2. The molecule has 0 aliphatic carbocycles. The molecule has 0 bridgehead atoms. The Bertz CT molecular complexity index is 3890. The van der Waals surface area contributed by atoms with Crippen LogP contribution in [-0.4, -0.2) is 19.9 Å². The van der Waals surface area contributed by atoms with Crippen molar-refractivity contribution in [2.24, 2.45) is 0 Å². The Morgan fingerprint density at radius 2 is 0.935 bits per heavy atom. The zero-order chi connectivity index (χ0) is 40.7. The molecule has 0 N–H and O–H groups in total. The summed E-state index contributed by atoms with van der Waals surface area (Å²) in [7, 11) is 0. The van der Waals surface area contributed by atoms with Gasteiger partial charge in [-0.25, -0.2) is 19.9 Å². The van der Waals surface area contributed by atoms with Gasteiger partial charge >= 0.3 is 0 Å². The minimum Gasteiger partial charge on any atom is -0.456 e. The lowest BCUT2D eigenvalue weighted by Gasteiger charge is -2.15. The van der Waals surface area contributed by atoms with Crippen LogP contribution in [0.3, 0.4) is 0 Å². The molecule has 288 valence electrons. The van der Waals surface area contributed by atoms with Crippen molar-refractivity contribution < 1.29 is 8.83 Å². The SMILES string of the molecule is c1ccc(-c2nc(-c3ccc4c5ccccc5c5ccccc5c4c3)nc(-c3c(-c4cccc5ccc6nc(-c7ccccc7)oc6c45)ccc4oc5ccccc5c34)n2)cc1. The first kappa shape index (κ1) is 34.4. The first-order valence-corrected chi connectivity index (χ1v) is 20.7. The minimum absolute atomic E-state index is 0.538. The molecule has 0 atom stereocenters. The summed E-state index contributed by atoms with van der Waals surface area (Å²) >= 11 is 0. The van der Waals surface area contributed by atoms with Gasteiger partial charge in [-0.2, -0.15) is 0 Å². The first-order valence-electron chi connectivity index (χ1n) is 20.7. The predicted molar refractivity (Wildman–Crippen MR) is 252 cm³/mol. The third-order valence-corrected chi connectivity index (χ3v) is 12.1. The number of furan rings is 1. The van der Waals surface area contributed by atoms with Gasteiger partial charge in [-0.3, -0.25) is 0 Å². The van der Waals surface area contributed by atoms with E-state index in [0.717, 1.165) is 82.6 Å². The topological polar surface area (TPSA) is 77.8 Å². The van der Waals surface area contributed by atoms with E-state index >= 15 is 0 Å². The second-order valence-electron chi connectivity index (χ2n) is 15.7. The molecule has 3 heterocycles. The number of fused-ring (bicyclic) bond motifs is 12. The van der Waals surface area contributed by atoms with Crippen LogP contribution < -0.4 is 0 Å². The Hall–Kier alpha value is -8.48. The zero-order valence-electron chi connectivity index (χ0n) is 33.1. The van der Waals surface area contributed by atoms with E-state index in [1.807, 2.05) is 84.9 Å². The van der Waals surface area contributed by atoms with E-state index < -0.39 is 0 Å². The van der Waals surface area contributed by atoms with Crippen LogP contribution in [0.4, 0.5) is 0 Å². The van der Waals surface area contributed by atoms with Gasteiger partial charge in [0.15, 0.2) is 23.1 Å². The zero-order valence-corrected chi connectivity index (χ0v) is 33.1. The van der Waals surface area contributed by atoms with Crippen LogP contribution in [0.2, 0.25) is 0 Å². The average Bonchev–Trinajstić information content (AvgIpc) is 3.96. The number of hydrogen-bond acceptors (Lipinski definition) is 6. The number of aromatic nitrogens is 4. The van der Waals surface area contributed by atoms with Gasteiger partial charge < -0.3 is 8.83 Å². The van der Waals surface area contributed by atoms with Gasteiger partial charge in [-0.15, -0.1) is 0 Å². The van der Waals surface area contributed by atoms with Crippen LogP contribution in [0, 0.1) is 0 Å². The fourth-order valence-electron chi connectivity index (χ4n) is 9.34. The van der Waals surface area contributed by atoms with Gasteiger partial charge in [0.05, 0.1) is 0 Å². The van der Waals surface area contributed by atoms with Gasteiger partial charge in [-0.05, 0) is 91.3 Å². The van der Waals surface area contributed by atoms with E-state index in [2.05, 4.69) is 109 Å². The second kappa shape index (κ2) is 13.5. The smallest absolute Gasteiger partial charge is 0.227 e. The van der Waals surface area contributed by atoms with Crippen molar-refractivity contribution in [2.45, 2.75) is 0 Å². The third-order valence-electron chi connectivity index (χ3n) is 12.1. The second-order valence-corrected chi connectivity index (χ2v) is 15.7. The molecule has 0 aliphatic heterocycles. The Kier molecular flexibility index (Phi) is 7.50. The Labute approximate surface area is 354 Å². The van der Waals surface area contributed by atoms with Crippen LogP contribution in [0.25, 0.3) is 133 Å². The summed E-state index contributed by atoms with van der Waals surface area (Å²) in [5, 5.41) is 11.1. The van der Waals surface area contributed by atoms with Gasteiger partial charge in [-0.1, -0.05) is 152 Å². The average molecular weight is 793 g/mol. The Balaban J connectivity index is 1.12. The maximum absolute atomic E-state index is 6.69. The molecule has 0 fully saturated rings. The molecule has 0 saturated heterocycles. The highest BCUT2D eigenvalue weighted by Crippen LogP contribution is 2.46. The van der Waals surface area contributed by atoms with E-state index in [-0.39, 0.29) is 0 Å². The highest BCUT2D eigenvalue weighted by molar-refractivity contribution is 6.26. The van der Waals surface area contributed by atoms with Gasteiger partial charge in [0.25, 0.3) is 0 Å². The number of rotatable bonds is 5. The largest absolute Gasteiger partial charge is 0.456 e. The maximum atomic E-state index is 6.69. The fourth-order valence-corrected chi connectivity index (χ4v) is 9.34. The molecule has 0 amide bonds. The van der Waals surface area contributed by atoms with Crippen molar-refractivity contribution in [3.63, 3.8) is 0 Å². The molecule has 13 aromatic rings. The monoisotopic (exact) mass is 792 g/mol. The molecule has 3 aromatic heterocycles. The molecule has 0 aliphatic rings. The predicted octanol–water partition coefficient (Wildman–Crippen LogP) is 14.9. The summed E-state index contributed by atoms with van der Waals surface area (Å²) in [6.45, 7) is 0. The minimum atomic E-state index is 0.538. The molecule has 62 heavy (non-hydrogen) atoms. The maximum Gasteiger partial charge on any atom is 0.227 e. The van der Waals surface area contributed by atoms with E-state index in [1.54, 1.807) is 0 Å². The van der Waals surface area contributed by atoms with E-state index in [1.165, 1.54) is 26.9 Å². The standard InChI is InChI=1S/C56H32N4O2/c1-3-14-34(15-4-1)53-58-54(36-26-28-41-39-21-8-7-19-37(39)38-20-9-10-22-40(38)45(41)32-36)60-55(59-53)51-43(29-31-48-50(51)44-23-11-12-25-47(44)61-48)42-24-13-18-33-27-30-46-52(49(33)42)62-56(57-46)35-16-5-2-6-17-35/h1-32H. The number of nitrogens with zero attached hydrogens (tertiary/aromatic N) is 4. The molecule has 6 heteroatoms. The lowest BCUT2D eigenvalue weighted by Crippen LogP contribution is -2.02. The molecule has 0 unspecified atom stereocenters. The van der Waals surface area contributed by atoms with Gasteiger partial charge in [0, 0.05) is 38.4 Å². The normalized spacial score (nSPS) is 11.9. The summed E-state index contributed by atoms with van der Waals surface area (Å²) in [5.74, 6) is 2.26. The number of oxazole rings is 1.